The van der Waals surface area contributed by atoms with Crippen LogP contribution >= 0.6 is 0 Å². The minimum atomic E-state index is -1.04. The van der Waals surface area contributed by atoms with Gasteiger partial charge in [-0.3, -0.25) is 4.79 Å². The Morgan fingerprint density at radius 1 is 1.48 bits per heavy atom. The molecule has 1 saturated heterocycles. The third-order valence-electron chi connectivity index (χ3n) is 5.55. The molecule has 0 unspecified atom stereocenters. The Balaban J connectivity index is 2.97. The van der Waals surface area contributed by atoms with E-state index in [-0.39, 0.29) is 41.9 Å². The molecule has 0 saturated carbocycles. The fourth-order valence-corrected chi connectivity index (χ4v) is 3.83. The number of hydrogen-bond donors (Lipinski definition) is 4. The Morgan fingerprint density at radius 3 is 2.56 bits per heavy atom. The third-order valence-corrected chi connectivity index (χ3v) is 5.55. The van der Waals surface area contributed by atoms with E-state index in [0.29, 0.717) is 19.3 Å². The average Bonchev–Trinajstić information content (AvgIpc) is 2.54. The molecule has 0 bridgehead atoms. The lowest BCUT2D eigenvalue weighted by molar-refractivity contribution is -0.132. The lowest BCUT2D eigenvalue weighted by Gasteiger charge is -2.51. The molecule has 2 radical (unpaired) electrons. The van der Waals surface area contributed by atoms with Crippen molar-refractivity contribution in [3.8, 4) is 0 Å². The van der Waals surface area contributed by atoms with E-state index in [1.165, 1.54) is 0 Å². The molecule has 5 nitrogen and oxygen atoms in total. The molecule has 0 aliphatic carbocycles. The van der Waals surface area contributed by atoms with Gasteiger partial charge in [0, 0.05) is 17.7 Å². The van der Waals surface area contributed by atoms with Crippen LogP contribution in [-0.2, 0) is 4.79 Å². The second kappa shape index (κ2) is 9.13. The fourth-order valence-electron chi connectivity index (χ4n) is 3.83. The van der Waals surface area contributed by atoms with Crippen LogP contribution in [0.3, 0.4) is 0 Å². The van der Waals surface area contributed by atoms with Crippen LogP contribution in [0, 0.1) is 17.2 Å². The van der Waals surface area contributed by atoms with Crippen molar-refractivity contribution in [2.24, 2.45) is 11.8 Å². The van der Waals surface area contributed by atoms with Gasteiger partial charge in [-0.15, -0.1) is 0 Å². The maximum atomic E-state index is 14.7. The van der Waals surface area contributed by atoms with E-state index >= 15 is 0 Å². The zero-order valence-corrected chi connectivity index (χ0v) is 16.1. The van der Waals surface area contributed by atoms with Gasteiger partial charge >= 0.3 is 0 Å². The van der Waals surface area contributed by atoms with Crippen molar-refractivity contribution in [2.75, 3.05) is 6.61 Å². The number of piperazine rings is 1. The summed E-state index contributed by atoms with van der Waals surface area (Å²) in [5, 5.41) is 23.0. The predicted molar refractivity (Wildman–Crippen MR) is 100.0 cm³/mol. The Kier molecular flexibility index (Phi) is 8.07. The van der Waals surface area contributed by atoms with E-state index in [1.54, 1.807) is 6.92 Å². The lowest BCUT2D eigenvalue weighted by Crippen LogP contribution is -2.73. The fraction of sp³-hybridized carbons (Fsp3) is 0.889. The molecule has 25 heavy (non-hydrogen) atoms. The molecule has 0 spiro atoms. The molecular weight excluding hydrogens is 320 g/mol. The molecule has 4 N–H and O–H groups in total. The van der Waals surface area contributed by atoms with Gasteiger partial charge in [-0.05, 0) is 32.6 Å². The van der Waals surface area contributed by atoms with Crippen LogP contribution in [0.4, 0.5) is 4.39 Å². The first-order valence-electron chi connectivity index (χ1n) is 9.21. The SMILES string of the molecule is [B][C@H](C)C[C@H]([C@@H](F)CC)[C@]1(C)NC(=O)[C@H]([C@@H](C)CC(=N)CO)N[C@@H]1C. The number of aliphatic hydroxyl groups is 1. The smallest absolute Gasteiger partial charge is 0.237 e. The molecule has 7 atom stereocenters. The molecule has 7 heteroatoms. The topological polar surface area (TPSA) is 85.2 Å². The summed E-state index contributed by atoms with van der Waals surface area (Å²) in [6.45, 7) is 9.06. The summed E-state index contributed by atoms with van der Waals surface area (Å²) in [5.41, 5.74) is -0.534. The molecule has 0 aromatic rings. The molecule has 1 heterocycles. The average molecular weight is 353 g/mol. The van der Waals surface area contributed by atoms with Crippen molar-refractivity contribution >= 4 is 19.5 Å². The first-order chi connectivity index (χ1) is 11.6. The highest BCUT2D eigenvalue weighted by atomic mass is 19.1. The number of rotatable bonds is 9. The van der Waals surface area contributed by atoms with Gasteiger partial charge in [-0.2, -0.15) is 0 Å². The van der Waals surface area contributed by atoms with Gasteiger partial charge in [-0.1, -0.05) is 33.0 Å². The molecular formula is C18H33BFN3O2. The van der Waals surface area contributed by atoms with Gasteiger partial charge < -0.3 is 21.1 Å². The maximum Gasteiger partial charge on any atom is 0.237 e. The number of alkyl halides is 1. The third kappa shape index (κ3) is 5.27. The van der Waals surface area contributed by atoms with Gasteiger partial charge in [0.25, 0.3) is 0 Å². The normalized spacial score (nSPS) is 31.7. The summed E-state index contributed by atoms with van der Waals surface area (Å²) in [6, 6.07) is -0.611. The molecule has 1 aliphatic rings. The monoisotopic (exact) mass is 353 g/mol. The molecule has 142 valence electrons. The quantitative estimate of drug-likeness (QED) is 0.378. The van der Waals surface area contributed by atoms with Crippen LogP contribution < -0.4 is 10.6 Å². The maximum absolute atomic E-state index is 14.7. The van der Waals surface area contributed by atoms with Crippen LogP contribution in [0.25, 0.3) is 0 Å². The minimum Gasteiger partial charge on any atom is -0.390 e. The van der Waals surface area contributed by atoms with E-state index in [4.69, 9.17) is 18.4 Å². The predicted octanol–water partition coefficient (Wildman–Crippen LogP) is 1.99. The summed E-state index contributed by atoms with van der Waals surface area (Å²) in [6.07, 6.45) is 0.169. The Labute approximate surface area is 152 Å². The van der Waals surface area contributed by atoms with Gasteiger partial charge in [0.15, 0.2) is 0 Å². The summed E-state index contributed by atoms with van der Waals surface area (Å²) >= 11 is 0. The van der Waals surface area contributed by atoms with Crippen molar-refractivity contribution < 1.29 is 14.3 Å². The van der Waals surface area contributed by atoms with Crippen molar-refractivity contribution in [1.82, 2.24) is 10.6 Å². The van der Waals surface area contributed by atoms with Gasteiger partial charge in [-0.25, -0.2) is 4.39 Å². The largest absolute Gasteiger partial charge is 0.390 e. The van der Waals surface area contributed by atoms with Crippen LogP contribution in [0.15, 0.2) is 0 Å². The summed E-state index contributed by atoms with van der Waals surface area (Å²) < 4.78 is 14.7. The highest BCUT2D eigenvalue weighted by molar-refractivity contribution is 6.11. The number of nitrogens with one attached hydrogen (secondary N) is 3. The number of carbonyl (C=O) groups excluding carboxylic acids is 1. The van der Waals surface area contributed by atoms with E-state index < -0.39 is 17.8 Å². The van der Waals surface area contributed by atoms with Crippen molar-refractivity contribution in [3.63, 3.8) is 0 Å². The van der Waals surface area contributed by atoms with Crippen molar-refractivity contribution in [1.29, 1.82) is 5.41 Å². The van der Waals surface area contributed by atoms with Crippen LogP contribution in [0.1, 0.15) is 53.9 Å². The van der Waals surface area contributed by atoms with Gasteiger partial charge in [0.05, 0.1) is 26.0 Å². The van der Waals surface area contributed by atoms with Gasteiger partial charge in [0.2, 0.25) is 5.91 Å². The minimum absolute atomic E-state index is 0.133. The Bertz CT molecular complexity index is 477. The van der Waals surface area contributed by atoms with Crippen LogP contribution in [-0.4, -0.2) is 55.0 Å². The van der Waals surface area contributed by atoms with Crippen molar-refractivity contribution in [2.45, 2.75) is 83.5 Å². The zero-order valence-electron chi connectivity index (χ0n) is 16.1. The standard InChI is InChI=1S/C18H33BFN3O2/c1-6-15(20)14(8-11(3)19)18(5)12(4)22-16(17(25)23-18)10(2)7-13(21)9-24/h10-12,14-16,21-22,24H,6-9H2,1-5H3,(H,23,25)/t10-,11+,12+,14+,15-,16-,18+/m0/s1. The summed E-state index contributed by atoms with van der Waals surface area (Å²) in [5.74, 6) is -0.851. The summed E-state index contributed by atoms with van der Waals surface area (Å²) in [4.78, 5) is 12.7. The molecule has 0 aromatic heterocycles. The van der Waals surface area contributed by atoms with E-state index in [0.717, 1.165) is 0 Å². The zero-order chi connectivity index (χ0) is 19.4. The number of halogens is 1. The van der Waals surface area contributed by atoms with E-state index in [1.807, 2.05) is 27.7 Å². The summed E-state index contributed by atoms with van der Waals surface area (Å²) in [7, 11) is 5.93. The first kappa shape index (κ1) is 22.1. The number of amides is 1. The first-order valence-corrected chi connectivity index (χ1v) is 9.21. The molecule has 1 fully saturated rings. The Morgan fingerprint density at radius 2 is 2.08 bits per heavy atom. The highest BCUT2D eigenvalue weighted by Gasteiger charge is 2.49. The second-order valence-electron chi connectivity index (χ2n) is 7.82. The van der Waals surface area contributed by atoms with Crippen LogP contribution in [0.2, 0.25) is 5.82 Å². The number of hydrogen-bond acceptors (Lipinski definition) is 4. The van der Waals surface area contributed by atoms with E-state index in [2.05, 4.69) is 10.6 Å². The number of carbonyl (C=O) groups is 1. The van der Waals surface area contributed by atoms with Gasteiger partial charge in [0.1, 0.15) is 6.17 Å². The van der Waals surface area contributed by atoms with Crippen LogP contribution in [0.5, 0.6) is 0 Å². The lowest BCUT2D eigenvalue weighted by atomic mass is 9.68. The number of aliphatic hydroxyl groups excluding tert-OH is 1. The molecule has 1 amide bonds. The highest BCUT2D eigenvalue weighted by Crippen LogP contribution is 2.36. The van der Waals surface area contributed by atoms with Crippen molar-refractivity contribution in [3.05, 3.63) is 0 Å². The Hall–Kier alpha value is -0.945. The molecule has 1 aliphatic heterocycles. The molecule has 0 aromatic carbocycles. The molecule has 1 rings (SSSR count). The van der Waals surface area contributed by atoms with E-state index in [9.17, 15) is 9.18 Å². The second-order valence-corrected chi connectivity index (χ2v) is 7.82.